The van der Waals surface area contributed by atoms with Crippen LogP contribution >= 0.6 is 0 Å². The molecule has 0 spiro atoms. The van der Waals surface area contributed by atoms with Crippen molar-refractivity contribution in [2.24, 2.45) is 0 Å². The van der Waals surface area contributed by atoms with Crippen LogP contribution in [-0.2, 0) is 28.6 Å². The van der Waals surface area contributed by atoms with E-state index < -0.39 is 12.1 Å². The Kier molecular flexibility index (Phi) is 37.9. The SMILES string of the molecule is CCCCCCCCC(CCCCCC)OC(=O)CCCCCN1CC(O)C[C@H]1C(=O)OCCCCCCCC(=O)OC(CCCCCCCC)CCCCCCCC. The third-order valence-corrected chi connectivity index (χ3v) is 12.4. The van der Waals surface area contributed by atoms with Gasteiger partial charge in [-0.15, -0.1) is 0 Å². The topological polar surface area (TPSA) is 102 Å². The Morgan fingerprint density at radius 2 is 0.847 bits per heavy atom. The van der Waals surface area contributed by atoms with E-state index in [4.69, 9.17) is 14.2 Å². The van der Waals surface area contributed by atoms with Gasteiger partial charge >= 0.3 is 17.9 Å². The van der Waals surface area contributed by atoms with Crippen LogP contribution in [0.3, 0.4) is 0 Å². The smallest absolute Gasteiger partial charge is 0.323 e. The summed E-state index contributed by atoms with van der Waals surface area (Å²) in [5, 5.41) is 10.4. The fraction of sp³-hybridized carbons (Fsp3) is 0.941. The van der Waals surface area contributed by atoms with Crippen molar-refractivity contribution in [1.29, 1.82) is 0 Å². The van der Waals surface area contributed by atoms with Gasteiger partial charge in [-0.1, -0.05) is 169 Å². The molecule has 0 aromatic heterocycles. The van der Waals surface area contributed by atoms with E-state index in [1.165, 1.54) is 116 Å². The zero-order chi connectivity index (χ0) is 43.0. The summed E-state index contributed by atoms with van der Waals surface area (Å²) in [6.07, 6.45) is 39.5. The van der Waals surface area contributed by atoms with E-state index in [1.807, 2.05) is 0 Å². The molecule has 8 heteroatoms. The average Bonchev–Trinajstić information content (AvgIpc) is 3.60. The second-order valence-corrected chi connectivity index (χ2v) is 18.1. The summed E-state index contributed by atoms with van der Waals surface area (Å²) in [5.74, 6) is -0.347. The average molecular weight is 836 g/mol. The Morgan fingerprint density at radius 1 is 0.492 bits per heavy atom. The predicted molar refractivity (Wildman–Crippen MR) is 246 cm³/mol. The van der Waals surface area contributed by atoms with Gasteiger partial charge in [-0.2, -0.15) is 0 Å². The van der Waals surface area contributed by atoms with Crippen molar-refractivity contribution in [3.05, 3.63) is 0 Å². The molecule has 0 bridgehead atoms. The molecule has 1 saturated heterocycles. The van der Waals surface area contributed by atoms with Gasteiger partial charge in [0.15, 0.2) is 0 Å². The normalized spacial score (nSPS) is 16.2. The lowest BCUT2D eigenvalue weighted by Gasteiger charge is -2.22. The standard InChI is InChI=1S/C51H97NO7/c1-5-9-13-17-21-28-36-46(35-27-16-12-8-4)58-50(55)40-32-26-33-41-52-44-45(53)43-48(52)51(56)57-42-34-25-20-24-31-39-49(54)59-47(37-29-22-18-14-10-6-2)38-30-23-19-15-11-7-3/h45-48,53H,5-44H2,1-4H3/t45?,46?,48-/m0/s1. The molecule has 0 amide bonds. The first-order valence-corrected chi connectivity index (χ1v) is 25.8. The van der Waals surface area contributed by atoms with E-state index in [9.17, 15) is 19.5 Å². The van der Waals surface area contributed by atoms with Crippen molar-refractivity contribution in [2.75, 3.05) is 19.7 Å². The number of unbranched alkanes of at least 4 members (excludes halogenated alkanes) is 24. The minimum absolute atomic E-state index is 0.0394. The molecule has 1 aliphatic heterocycles. The summed E-state index contributed by atoms with van der Waals surface area (Å²) in [4.78, 5) is 40.5. The molecule has 1 aliphatic rings. The fourth-order valence-corrected chi connectivity index (χ4v) is 8.57. The molecule has 0 saturated carbocycles. The highest BCUT2D eigenvalue weighted by Gasteiger charge is 2.36. The van der Waals surface area contributed by atoms with Gasteiger partial charge in [0.05, 0.1) is 12.7 Å². The van der Waals surface area contributed by atoms with E-state index >= 15 is 0 Å². The van der Waals surface area contributed by atoms with Crippen LogP contribution in [0.4, 0.5) is 0 Å². The summed E-state index contributed by atoms with van der Waals surface area (Å²) < 4.78 is 17.7. The number of ether oxygens (including phenoxy) is 3. The minimum atomic E-state index is -0.517. The Balaban J connectivity index is 2.27. The van der Waals surface area contributed by atoms with Crippen LogP contribution in [0.15, 0.2) is 0 Å². The number of β-amino-alcohol motifs (C(OH)–C–C–N with tert-alkyl or cyclic N) is 1. The second kappa shape index (κ2) is 40.4. The molecule has 1 fully saturated rings. The van der Waals surface area contributed by atoms with E-state index in [1.54, 1.807) is 0 Å². The summed E-state index contributed by atoms with van der Waals surface area (Å²) in [6, 6.07) is -0.401. The van der Waals surface area contributed by atoms with Crippen molar-refractivity contribution in [1.82, 2.24) is 4.90 Å². The zero-order valence-corrected chi connectivity index (χ0v) is 39.4. The van der Waals surface area contributed by atoms with Crippen molar-refractivity contribution in [3.63, 3.8) is 0 Å². The van der Waals surface area contributed by atoms with Crippen LogP contribution in [0.2, 0.25) is 0 Å². The summed E-state index contributed by atoms with van der Waals surface area (Å²) >= 11 is 0. The van der Waals surface area contributed by atoms with Crippen LogP contribution in [-0.4, -0.2) is 72.0 Å². The number of hydrogen-bond donors (Lipinski definition) is 1. The zero-order valence-electron chi connectivity index (χ0n) is 39.4. The van der Waals surface area contributed by atoms with Crippen LogP contribution in [0, 0.1) is 0 Å². The first-order chi connectivity index (χ1) is 28.8. The monoisotopic (exact) mass is 836 g/mol. The molecule has 3 atom stereocenters. The van der Waals surface area contributed by atoms with Gasteiger partial charge < -0.3 is 19.3 Å². The number of nitrogens with zero attached hydrogens (tertiary/aromatic N) is 1. The van der Waals surface area contributed by atoms with Gasteiger partial charge in [-0.05, 0) is 83.6 Å². The maximum atomic E-state index is 13.0. The van der Waals surface area contributed by atoms with Gasteiger partial charge in [0.25, 0.3) is 0 Å². The molecule has 59 heavy (non-hydrogen) atoms. The summed E-state index contributed by atoms with van der Waals surface area (Å²) in [5.41, 5.74) is 0. The molecule has 0 aliphatic carbocycles. The highest BCUT2D eigenvalue weighted by atomic mass is 16.5. The Labute approximate surface area is 364 Å². The van der Waals surface area contributed by atoms with Gasteiger partial charge in [0.1, 0.15) is 18.2 Å². The van der Waals surface area contributed by atoms with Gasteiger partial charge in [-0.3, -0.25) is 19.3 Å². The molecule has 0 aromatic carbocycles. The molecule has 2 unspecified atom stereocenters. The van der Waals surface area contributed by atoms with Crippen LogP contribution < -0.4 is 0 Å². The number of hydrogen-bond acceptors (Lipinski definition) is 8. The number of carbonyl (C=O) groups excluding carboxylic acids is 3. The number of rotatable bonds is 43. The van der Waals surface area contributed by atoms with Crippen LogP contribution in [0.5, 0.6) is 0 Å². The quantitative estimate of drug-likeness (QED) is 0.0368. The third-order valence-electron chi connectivity index (χ3n) is 12.4. The van der Waals surface area contributed by atoms with Crippen molar-refractivity contribution < 1.29 is 33.7 Å². The third kappa shape index (κ3) is 32.7. The first kappa shape index (κ1) is 55.3. The van der Waals surface area contributed by atoms with Crippen molar-refractivity contribution >= 4 is 17.9 Å². The molecule has 1 N–H and O–H groups in total. The first-order valence-electron chi connectivity index (χ1n) is 25.8. The van der Waals surface area contributed by atoms with Gasteiger partial charge in [0, 0.05) is 25.8 Å². The van der Waals surface area contributed by atoms with E-state index in [2.05, 4.69) is 32.6 Å². The molecular weight excluding hydrogens is 739 g/mol. The summed E-state index contributed by atoms with van der Waals surface area (Å²) in [7, 11) is 0. The number of aliphatic hydroxyl groups excluding tert-OH is 1. The number of esters is 3. The Bertz CT molecular complexity index is 960. The maximum absolute atomic E-state index is 13.0. The van der Waals surface area contributed by atoms with Crippen LogP contribution in [0.25, 0.3) is 0 Å². The molecule has 0 aromatic rings. The molecular formula is C51H97NO7. The van der Waals surface area contributed by atoms with Crippen molar-refractivity contribution in [2.45, 2.75) is 290 Å². The largest absolute Gasteiger partial charge is 0.465 e. The Hall–Kier alpha value is -1.67. The van der Waals surface area contributed by atoms with Crippen molar-refractivity contribution in [3.8, 4) is 0 Å². The minimum Gasteiger partial charge on any atom is -0.465 e. The lowest BCUT2D eigenvalue weighted by Crippen LogP contribution is -2.38. The second-order valence-electron chi connectivity index (χ2n) is 18.1. The molecule has 1 rings (SSSR count). The molecule has 0 radical (unpaired) electrons. The maximum Gasteiger partial charge on any atom is 0.323 e. The van der Waals surface area contributed by atoms with E-state index in [-0.39, 0.29) is 30.1 Å². The highest BCUT2D eigenvalue weighted by Crippen LogP contribution is 2.22. The Morgan fingerprint density at radius 3 is 1.29 bits per heavy atom. The van der Waals surface area contributed by atoms with Gasteiger partial charge in [0.2, 0.25) is 0 Å². The summed E-state index contributed by atoms with van der Waals surface area (Å²) in [6.45, 7) is 10.6. The molecule has 1 heterocycles. The van der Waals surface area contributed by atoms with E-state index in [0.29, 0.717) is 39.0 Å². The highest BCUT2D eigenvalue weighted by molar-refractivity contribution is 5.76. The number of carbonyl (C=O) groups is 3. The molecule has 8 nitrogen and oxygen atoms in total. The molecule has 348 valence electrons. The van der Waals surface area contributed by atoms with Crippen LogP contribution in [0.1, 0.15) is 265 Å². The predicted octanol–water partition coefficient (Wildman–Crippen LogP) is 13.9. The number of aliphatic hydroxyl groups is 1. The fourth-order valence-electron chi connectivity index (χ4n) is 8.57. The van der Waals surface area contributed by atoms with E-state index in [0.717, 1.165) is 103 Å². The lowest BCUT2D eigenvalue weighted by molar-refractivity contribution is -0.151. The van der Waals surface area contributed by atoms with Gasteiger partial charge in [-0.25, -0.2) is 0 Å². The lowest BCUT2D eigenvalue weighted by atomic mass is 10.0. The number of likely N-dealkylation sites (tertiary alicyclic amines) is 1.